The largest absolute Gasteiger partial charge is 0.490 e. The predicted octanol–water partition coefficient (Wildman–Crippen LogP) is 3.11. The fourth-order valence-corrected chi connectivity index (χ4v) is 4.20. The summed E-state index contributed by atoms with van der Waals surface area (Å²) in [4.78, 5) is 2.40. The quantitative estimate of drug-likeness (QED) is 0.730. The molecule has 0 N–H and O–H groups in total. The summed E-state index contributed by atoms with van der Waals surface area (Å²) in [5.41, 5.74) is 0.850. The number of benzene rings is 1. The Kier molecular flexibility index (Phi) is 6.30. The number of likely N-dealkylation sites (N-methyl/N-ethyl adjacent to an activating group) is 1. The van der Waals surface area contributed by atoms with E-state index in [4.69, 9.17) is 4.74 Å². The molecule has 0 unspecified atom stereocenters. The lowest BCUT2D eigenvalue weighted by atomic mass is 10.2. The third-order valence-electron chi connectivity index (χ3n) is 4.19. The second-order valence-electron chi connectivity index (χ2n) is 6.01. The third kappa shape index (κ3) is 4.18. The maximum Gasteiger partial charge on any atom is 0.243 e. The molecule has 1 aromatic carbocycles. The number of unbranched alkanes of at least 4 members (excludes halogenated alkanes) is 2. The van der Waals surface area contributed by atoms with Gasteiger partial charge in [0.1, 0.15) is 12.4 Å². The Balaban J connectivity index is 2.30. The van der Waals surface area contributed by atoms with E-state index in [-0.39, 0.29) is 0 Å². The zero-order valence-corrected chi connectivity index (χ0v) is 15.2. The van der Waals surface area contributed by atoms with Crippen LogP contribution >= 0.6 is 0 Å². The number of sulfonamides is 1. The smallest absolute Gasteiger partial charge is 0.243 e. The topological polar surface area (TPSA) is 49.9 Å². The molecule has 6 heteroatoms. The van der Waals surface area contributed by atoms with Crippen molar-refractivity contribution in [1.29, 1.82) is 0 Å². The van der Waals surface area contributed by atoms with Crippen LogP contribution < -0.4 is 9.64 Å². The van der Waals surface area contributed by atoms with Gasteiger partial charge in [0.25, 0.3) is 0 Å². The van der Waals surface area contributed by atoms with E-state index in [0.29, 0.717) is 24.6 Å². The van der Waals surface area contributed by atoms with Crippen LogP contribution in [0, 0.1) is 0 Å². The molecule has 1 aromatic rings. The highest BCUT2D eigenvalue weighted by atomic mass is 32.2. The van der Waals surface area contributed by atoms with Crippen LogP contribution in [0.5, 0.6) is 5.75 Å². The first-order chi connectivity index (χ1) is 11.0. The van der Waals surface area contributed by atoms with Crippen LogP contribution in [0.1, 0.15) is 39.5 Å². The highest BCUT2D eigenvalue weighted by Gasteiger charge is 2.26. The molecule has 0 radical (unpaired) electrons. The molecule has 5 nitrogen and oxygen atoms in total. The van der Waals surface area contributed by atoms with Crippen molar-refractivity contribution < 1.29 is 13.2 Å². The van der Waals surface area contributed by atoms with Crippen molar-refractivity contribution >= 4 is 15.7 Å². The average molecular weight is 340 g/mol. The number of rotatable bonds is 8. The summed E-state index contributed by atoms with van der Waals surface area (Å²) in [5.74, 6) is 0.756. The molecule has 0 aliphatic carbocycles. The van der Waals surface area contributed by atoms with E-state index >= 15 is 0 Å². The Morgan fingerprint density at radius 2 is 1.83 bits per heavy atom. The van der Waals surface area contributed by atoms with E-state index in [1.165, 1.54) is 0 Å². The Bertz CT molecular complexity index is 608. The first kappa shape index (κ1) is 18.1. The van der Waals surface area contributed by atoms with Gasteiger partial charge in [0.15, 0.2) is 0 Å². The molecule has 0 bridgehead atoms. The van der Waals surface area contributed by atoms with E-state index in [1.807, 2.05) is 11.9 Å². The van der Waals surface area contributed by atoms with Crippen molar-refractivity contribution in [2.75, 3.05) is 38.2 Å². The van der Waals surface area contributed by atoms with Crippen LogP contribution in [-0.4, -0.2) is 46.0 Å². The normalized spacial score (nSPS) is 14.7. The number of ether oxygens (including phenoxy) is 1. The number of nitrogens with zero attached hydrogens (tertiary/aromatic N) is 2. The first-order valence-corrected chi connectivity index (χ1v) is 9.92. The minimum absolute atomic E-state index is 0.362. The van der Waals surface area contributed by atoms with E-state index in [2.05, 4.69) is 13.8 Å². The van der Waals surface area contributed by atoms with Gasteiger partial charge in [-0.1, -0.05) is 26.7 Å². The van der Waals surface area contributed by atoms with Crippen LogP contribution in [0.4, 0.5) is 5.69 Å². The Hall–Kier alpha value is -1.27. The summed E-state index contributed by atoms with van der Waals surface area (Å²) < 4.78 is 33.2. The van der Waals surface area contributed by atoms with Crippen molar-refractivity contribution in [2.45, 2.75) is 44.4 Å². The van der Waals surface area contributed by atoms with Crippen LogP contribution in [0.2, 0.25) is 0 Å². The molecule has 0 saturated carbocycles. The molecule has 0 spiro atoms. The molecule has 2 rings (SSSR count). The minimum atomic E-state index is -3.45. The molecule has 1 aliphatic rings. The van der Waals surface area contributed by atoms with Crippen molar-refractivity contribution in [2.24, 2.45) is 0 Å². The van der Waals surface area contributed by atoms with Crippen molar-refractivity contribution in [3.8, 4) is 5.75 Å². The van der Waals surface area contributed by atoms with E-state index in [0.717, 1.165) is 43.7 Å². The molecule has 1 aliphatic heterocycles. The van der Waals surface area contributed by atoms with Gasteiger partial charge >= 0.3 is 0 Å². The fourth-order valence-electron chi connectivity index (χ4n) is 2.66. The summed E-state index contributed by atoms with van der Waals surface area (Å²) in [7, 11) is -1.49. The average Bonchev–Trinajstić information content (AvgIpc) is 2.55. The van der Waals surface area contributed by atoms with E-state index in [9.17, 15) is 8.42 Å². The number of fused-ring (bicyclic) bond motifs is 1. The molecule has 23 heavy (non-hydrogen) atoms. The zero-order chi connectivity index (χ0) is 16.9. The van der Waals surface area contributed by atoms with Gasteiger partial charge in [0.2, 0.25) is 10.0 Å². The molecule has 0 atom stereocenters. The maximum absolute atomic E-state index is 13.0. The van der Waals surface area contributed by atoms with Gasteiger partial charge in [-0.3, -0.25) is 0 Å². The van der Waals surface area contributed by atoms with Gasteiger partial charge in [-0.2, -0.15) is 4.31 Å². The van der Waals surface area contributed by atoms with Gasteiger partial charge in [0.05, 0.1) is 17.1 Å². The van der Waals surface area contributed by atoms with Crippen LogP contribution in [0.25, 0.3) is 0 Å². The van der Waals surface area contributed by atoms with Crippen molar-refractivity contribution in [3.05, 3.63) is 18.2 Å². The summed E-state index contributed by atoms with van der Waals surface area (Å²) >= 11 is 0. The molecular formula is C17H28N2O3S. The molecule has 0 fully saturated rings. The Labute approximate surface area is 140 Å². The Morgan fingerprint density at radius 1 is 1.17 bits per heavy atom. The number of hydrogen-bond donors (Lipinski definition) is 0. The fraction of sp³-hybridized carbons (Fsp3) is 0.647. The highest BCUT2D eigenvalue weighted by molar-refractivity contribution is 7.89. The van der Waals surface area contributed by atoms with Gasteiger partial charge in [-0.15, -0.1) is 0 Å². The summed E-state index contributed by atoms with van der Waals surface area (Å²) in [6.45, 7) is 6.73. The van der Waals surface area contributed by atoms with Gasteiger partial charge in [-0.05, 0) is 31.0 Å². The molecule has 0 saturated heterocycles. The van der Waals surface area contributed by atoms with Crippen molar-refractivity contribution in [3.63, 3.8) is 0 Å². The summed E-state index contributed by atoms with van der Waals surface area (Å²) in [5, 5.41) is 0. The molecule has 1 heterocycles. The molecule has 130 valence electrons. The van der Waals surface area contributed by atoms with Crippen molar-refractivity contribution in [1.82, 2.24) is 4.31 Å². The second kappa shape index (κ2) is 8.02. The third-order valence-corrected chi connectivity index (χ3v) is 6.08. The summed E-state index contributed by atoms with van der Waals surface area (Å²) in [6.07, 6.45) is 3.74. The lowest BCUT2D eigenvalue weighted by Gasteiger charge is -2.29. The molecule has 0 aromatic heterocycles. The number of anilines is 1. The van der Waals surface area contributed by atoms with E-state index < -0.39 is 10.0 Å². The summed E-state index contributed by atoms with van der Waals surface area (Å²) in [6, 6.07) is 5.18. The zero-order valence-electron chi connectivity index (χ0n) is 14.4. The monoisotopic (exact) mass is 340 g/mol. The standard InChI is InChI=1S/C17H28N2O3S/c1-4-6-10-19(11-7-5-2)23(20,21)15-8-9-17-16(14-15)18(3)12-13-22-17/h8-9,14H,4-7,10-13H2,1-3H3. The number of hydrogen-bond acceptors (Lipinski definition) is 4. The Morgan fingerprint density at radius 3 is 2.43 bits per heavy atom. The first-order valence-electron chi connectivity index (χ1n) is 8.48. The van der Waals surface area contributed by atoms with E-state index in [1.54, 1.807) is 22.5 Å². The second-order valence-corrected chi connectivity index (χ2v) is 7.95. The lowest BCUT2D eigenvalue weighted by Crippen LogP contribution is -2.33. The lowest BCUT2D eigenvalue weighted by molar-refractivity contribution is 0.311. The van der Waals surface area contributed by atoms with Crippen LogP contribution in [0.3, 0.4) is 0 Å². The minimum Gasteiger partial charge on any atom is -0.490 e. The van der Waals surface area contributed by atoms with Crippen LogP contribution in [-0.2, 0) is 10.0 Å². The molecular weight excluding hydrogens is 312 g/mol. The van der Waals surface area contributed by atoms with Gasteiger partial charge in [-0.25, -0.2) is 8.42 Å². The van der Waals surface area contributed by atoms with Crippen LogP contribution in [0.15, 0.2) is 23.1 Å². The predicted molar refractivity (Wildman–Crippen MR) is 93.8 cm³/mol. The van der Waals surface area contributed by atoms with Gasteiger partial charge < -0.3 is 9.64 Å². The maximum atomic E-state index is 13.0. The molecule has 0 amide bonds. The highest BCUT2D eigenvalue weighted by Crippen LogP contribution is 2.33. The SMILES string of the molecule is CCCCN(CCCC)S(=O)(=O)c1ccc2c(c1)N(C)CCO2. The van der Waals surface area contributed by atoms with Gasteiger partial charge in [0, 0.05) is 20.1 Å².